The molecule has 1 saturated carbocycles. The van der Waals surface area contributed by atoms with E-state index in [1.807, 2.05) is 6.92 Å². The highest BCUT2D eigenvalue weighted by atomic mass is 35.5. The Labute approximate surface area is 126 Å². The Hall–Kier alpha value is -1.43. The predicted molar refractivity (Wildman–Crippen MR) is 75.4 cm³/mol. The molecule has 116 valence electrons. The van der Waals surface area contributed by atoms with Crippen LogP contribution in [0.2, 0.25) is 5.02 Å². The van der Waals surface area contributed by atoms with Crippen molar-refractivity contribution in [3.05, 3.63) is 28.8 Å². The second-order valence-electron chi connectivity index (χ2n) is 4.95. The van der Waals surface area contributed by atoms with Gasteiger partial charge < -0.3 is 10.2 Å². The molecule has 0 radical (unpaired) electrons. The average molecular weight is 321 g/mol. The van der Waals surface area contributed by atoms with Gasteiger partial charge in [0.2, 0.25) is 5.91 Å². The lowest BCUT2D eigenvalue weighted by atomic mass is 10.1. The first-order valence-electron chi connectivity index (χ1n) is 6.73. The van der Waals surface area contributed by atoms with E-state index in [4.69, 9.17) is 11.6 Å². The molecule has 7 heteroatoms. The van der Waals surface area contributed by atoms with Crippen LogP contribution in [0, 0.1) is 0 Å². The van der Waals surface area contributed by atoms with E-state index >= 15 is 0 Å². The number of amides is 1. The average Bonchev–Trinajstić information content (AvgIpc) is 3.21. The van der Waals surface area contributed by atoms with Crippen LogP contribution in [0.15, 0.2) is 18.2 Å². The zero-order valence-corrected chi connectivity index (χ0v) is 12.3. The number of carbonyl (C=O) groups excluding carboxylic acids is 1. The summed E-state index contributed by atoms with van der Waals surface area (Å²) in [5.74, 6) is -0.192. The van der Waals surface area contributed by atoms with Crippen molar-refractivity contribution in [3.63, 3.8) is 0 Å². The summed E-state index contributed by atoms with van der Waals surface area (Å²) in [6.07, 6.45) is -2.58. The molecule has 0 aromatic heterocycles. The Balaban J connectivity index is 2.07. The lowest BCUT2D eigenvalue weighted by Crippen LogP contribution is -2.37. The lowest BCUT2D eigenvalue weighted by Gasteiger charge is -2.21. The highest BCUT2D eigenvalue weighted by Gasteiger charge is 2.34. The van der Waals surface area contributed by atoms with E-state index < -0.39 is 11.7 Å². The molecule has 1 amide bonds. The van der Waals surface area contributed by atoms with Crippen molar-refractivity contribution in [3.8, 4) is 0 Å². The van der Waals surface area contributed by atoms with Gasteiger partial charge in [-0.05, 0) is 38.0 Å². The summed E-state index contributed by atoms with van der Waals surface area (Å²) >= 11 is 5.61. The third-order valence-corrected chi connectivity index (χ3v) is 3.60. The minimum Gasteiger partial charge on any atom is -0.376 e. The number of hydrogen-bond donors (Lipinski definition) is 1. The van der Waals surface area contributed by atoms with Crippen LogP contribution >= 0.6 is 11.6 Å². The first kappa shape index (κ1) is 15.9. The van der Waals surface area contributed by atoms with Gasteiger partial charge in [0, 0.05) is 23.3 Å². The molecule has 0 saturated heterocycles. The maximum absolute atomic E-state index is 12.9. The molecule has 1 fully saturated rings. The Bertz CT molecular complexity index is 529. The van der Waals surface area contributed by atoms with Crippen molar-refractivity contribution >= 4 is 23.2 Å². The summed E-state index contributed by atoms with van der Waals surface area (Å²) in [5, 5.41) is 2.58. The zero-order chi connectivity index (χ0) is 15.6. The van der Waals surface area contributed by atoms with Crippen molar-refractivity contribution in [2.24, 2.45) is 0 Å². The van der Waals surface area contributed by atoms with Crippen LogP contribution in [0.5, 0.6) is 0 Å². The van der Waals surface area contributed by atoms with Crippen LogP contribution in [0.25, 0.3) is 0 Å². The van der Waals surface area contributed by atoms with E-state index in [2.05, 4.69) is 5.32 Å². The number of benzene rings is 1. The second kappa shape index (κ2) is 6.13. The SMILES string of the molecule is CCN(C(=O)CNc1ccc(Cl)cc1C(F)(F)F)C1CC1. The number of hydrogen-bond acceptors (Lipinski definition) is 2. The number of nitrogens with zero attached hydrogens (tertiary/aromatic N) is 1. The summed E-state index contributed by atoms with van der Waals surface area (Å²) in [5.41, 5.74) is -0.996. The number of anilines is 1. The third-order valence-electron chi connectivity index (χ3n) is 3.37. The fourth-order valence-corrected chi connectivity index (χ4v) is 2.37. The van der Waals surface area contributed by atoms with Crippen LogP contribution in [-0.4, -0.2) is 29.9 Å². The zero-order valence-electron chi connectivity index (χ0n) is 11.5. The number of likely N-dealkylation sites (N-methyl/N-ethyl adjacent to an activating group) is 1. The molecule has 1 aromatic rings. The summed E-state index contributed by atoms with van der Waals surface area (Å²) in [7, 11) is 0. The quantitative estimate of drug-likeness (QED) is 0.895. The Kier molecular flexibility index (Phi) is 4.66. The van der Waals surface area contributed by atoms with Crippen LogP contribution in [0.3, 0.4) is 0 Å². The van der Waals surface area contributed by atoms with Gasteiger partial charge in [-0.15, -0.1) is 0 Å². The number of alkyl halides is 3. The topological polar surface area (TPSA) is 32.3 Å². The molecule has 1 aliphatic carbocycles. The highest BCUT2D eigenvalue weighted by molar-refractivity contribution is 6.30. The van der Waals surface area contributed by atoms with Gasteiger partial charge in [-0.3, -0.25) is 4.79 Å². The second-order valence-corrected chi connectivity index (χ2v) is 5.39. The molecular weight excluding hydrogens is 305 g/mol. The van der Waals surface area contributed by atoms with E-state index in [0.717, 1.165) is 18.9 Å². The van der Waals surface area contributed by atoms with Crippen molar-refractivity contribution in [1.82, 2.24) is 4.90 Å². The highest BCUT2D eigenvalue weighted by Crippen LogP contribution is 2.36. The number of carbonyl (C=O) groups is 1. The maximum Gasteiger partial charge on any atom is 0.418 e. The molecule has 3 nitrogen and oxygen atoms in total. The van der Waals surface area contributed by atoms with E-state index in [0.29, 0.717) is 6.54 Å². The lowest BCUT2D eigenvalue weighted by molar-refractivity contribution is -0.137. The van der Waals surface area contributed by atoms with E-state index in [9.17, 15) is 18.0 Å². The molecule has 0 heterocycles. The minimum atomic E-state index is -4.52. The first-order chi connectivity index (χ1) is 9.82. The molecule has 1 aliphatic rings. The molecule has 1 N–H and O–H groups in total. The fraction of sp³-hybridized carbons (Fsp3) is 0.500. The molecule has 0 atom stereocenters. The van der Waals surface area contributed by atoms with Gasteiger partial charge in [-0.2, -0.15) is 13.2 Å². The van der Waals surface area contributed by atoms with Gasteiger partial charge in [0.1, 0.15) is 0 Å². The van der Waals surface area contributed by atoms with Gasteiger partial charge in [0.15, 0.2) is 0 Å². The largest absolute Gasteiger partial charge is 0.418 e. The summed E-state index contributed by atoms with van der Waals surface area (Å²) in [4.78, 5) is 13.7. The summed E-state index contributed by atoms with van der Waals surface area (Å²) in [6.45, 7) is 2.27. The molecule has 0 aliphatic heterocycles. The maximum atomic E-state index is 12.9. The molecule has 0 unspecified atom stereocenters. The van der Waals surface area contributed by atoms with Crippen LogP contribution in [-0.2, 0) is 11.0 Å². The van der Waals surface area contributed by atoms with Gasteiger partial charge in [-0.25, -0.2) is 0 Å². The van der Waals surface area contributed by atoms with Crippen molar-refractivity contribution in [2.45, 2.75) is 32.0 Å². The van der Waals surface area contributed by atoms with E-state index in [-0.39, 0.29) is 29.2 Å². The van der Waals surface area contributed by atoms with Crippen LogP contribution in [0.1, 0.15) is 25.3 Å². The Morgan fingerprint density at radius 3 is 2.62 bits per heavy atom. The monoisotopic (exact) mass is 320 g/mol. The minimum absolute atomic E-state index is 0.00682. The Morgan fingerprint density at radius 2 is 2.10 bits per heavy atom. The number of rotatable bonds is 5. The van der Waals surface area contributed by atoms with Crippen LogP contribution < -0.4 is 5.32 Å². The van der Waals surface area contributed by atoms with Crippen molar-refractivity contribution in [1.29, 1.82) is 0 Å². The van der Waals surface area contributed by atoms with E-state index in [1.54, 1.807) is 4.90 Å². The first-order valence-corrected chi connectivity index (χ1v) is 7.10. The normalized spacial score (nSPS) is 14.9. The molecule has 2 rings (SSSR count). The van der Waals surface area contributed by atoms with E-state index in [1.165, 1.54) is 12.1 Å². The smallest absolute Gasteiger partial charge is 0.376 e. The Morgan fingerprint density at radius 1 is 1.43 bits per heavy atom. The van der Waals surface area contributed by atoms with Gasteiger partial charge >= 0.3 is 6.18 Å². The van der Waals surface area contributed by atoms with Gasteiger partial charge in [0.05, 0.1) is 12.1 Å². The van der Waals surface area contributed by atoms with Gasteiger partial charge in [0.25, 0.3) is 0 Å². The molecule has 21 heavy (non-hydrogen) atoms. The van der Waals surface area contributed by atoms with Crippen molar-refractivity contribution in [2.75, 3.05) is 18.4 Å². The molecule has 0 spiro atoms. The van der Waals surface area contributed by atoms with Crippen LogP contribution in [0.4, 0.5) is 18.9 Å². The van der Waals surface area contributed by atoms with Crippen molar-refractivity contribution < 1.29 is 18.0 Å². The number of nitrogens with one attached hydrogen (secondary N) is 1. The summed E-state index contributed by atoms with van der Waals surface area (Å²) in [6, 6.07) is 3.71. The fourth-order valence-electron chi connectivity index (χ4n) is 2.20. The standard InChI is InChI=1S/C14H16ClF3N2O/c1-2-20(10-4-5-10)13(21)8-19-12-6-3-9(15)7-11(12)14(16,17)18/h3,6-7,10,19H,2,4-5,8H2,1H3. The number of halogens is 4. The molecular formula is C14H16ClF3N2O. The molecule has 0 bridgehead atoms. The summed E-state index contributed by atoms with van der Waals surface area (Å²) < 4.78 is 38.8. The predicted octanol–water partition coefficient (Wildman–Crippen LogP) is 3.78. The van der Waals surface area contributed by atoms with Gasteiger partial charge in [-0.1, -0.05) is 11.6 Å². The third kappa shape index (κ3) is 4.03. The molecule has 1 aromatic carbocycles.